The first kappa shape index (κ1) is 19.4. The van der Waals surface area contributed by atoms with Crippen LogP contribution in [0, 0.1) is 11.3 Å². The summed E-state index contributed by atoms with van der Waals surface area (Å²) >= 11 is 0. The molecular weight excluding hydrogens is 384 g/mol. The molecule has 2 N–H and O–H groups in total. The van der Waals surface area contributed by atoms with Crippen molar-refractivity contribution in [3.05, 3.63) is 75.3 Å². The third-order valence-electron chi connectivity index (χ3n) is 4.87. The molecule has 0 bridgehead atoms. The zero-order valence-electron chi connectivity index (χ0n) is 16.6. The molecule has 2 aromatic carbocycles. The van der Waals surface area contributed by atoms with Crippen LogP contribution in [0.25, 0.3) is 11.0 Å². The molecule has 0 spiro atoms. The number of fused-ring (bicyclic) bond motifs is 2. The highest BCUT2D eigenvalue weighted by atomic mass is 16.6. The molecule has 0 fully saturated rings. The summed E-state index contributed by atoms with van der Waals surface area (Å²) in [5, 5.41) is 10.2. The fourth-order valence-corrected chi connectivity index (χ4v) is 3.62. The van der Waals surface area contributed by atoms with Gasteiger partial charge in [0.25, 0.3) is 5.95 Å². The van der Waals surface area contributed by atoms with Crippen LogP contribution in [-0.2, 0) is 0 Å². The van der Waals surface area contributed by atoms with E-state index in [1.165, 1.54) is 0 Å². The number of ether oxygens (including phenoxy) is 3. The highest BCUT2D eigenvalue weighted by Gasteiger charge is 2.37. The Morgan fingerprint density at radius 3 is 2.63 bits per heavy atom. The molecule has 1 aliphatic rings. The summed E-state index contributed by atoms with van der Waals surface area (Å²) in [5.74, 6) is 0.200. The first-order valence-electron chi connectivity index (χ1n) is 9.61. The standard InChI is InChI=1S/C23H20N2O5/c1-3-27-13-9-10-14(18(11-13)28-4-2)19-16(12-24)22(25)30-23-20(19)21(26)15-7-5-6-8-17(15)29-23/h5-11,19H,3-4,25H2,1-2H3. The Balaban J connectivity index is 2.01. The molecule has 4 rings (SSSR count). The number of hydrogen-bond acceptors (Lipinski definition) is 7. The van der Waals surface area contributed by atoms with Crippen molar-refractivity contribution in [2.45, 2.75) is 19.8 Å². The fourth-order valence-electron chi connectivity index (χ4n) is 3.62. The zero-order chi connectivity index (χ0) is 21.3. The van der Waals surface area contributed by atoms with Gasteiger partial charge in [-0.15, -0.1) is 0 Å². The molecule has 30 heavy (non-hydrogen) atoms. The minimum Gasteiger partial charge on any atom is -0.494 e. The lowest BCUT2D eigenvalue weighted by Crippen LogP contribution is -2.26. The van der Waals surface area contributed by atoms with Gasteiger partial charge in [0.05, 0.1) is 30.1 Å². The van der Waals surface area contributed by atoms with Gasteiger partial charge in [0.2, 0.25) is 11.3 Å². The molecule has 1 aromatic heterocycles. The van der Waals surface area contributed by atoms with E-state index in [1.807, 2.05) is 13.8 Å². The van der Waals surface area contributed by atoms with E-state index in [9.17, 15) is 10.1 Å². The monoisotopic (exact) mass is 404 g/mol. The minimum absolute atomic E-state index is 0.0171. The highest BCUT2D eigenvalue weighted by Crippen LogP contribution is 2.45. The largest absolute Gasteiger partial charge is 0.494 e. The predicted octanol–water partition coefficient (Wildman–Crippen LogP) is 3.81. The van der Waals surface area contributed by atoms with E-state index < -0.39 is 5.92 Å². The Bertz CT molecular complexity index is 1250. The summed E-state index contributed by atoms with van der Waals surface area (Å²) in [6.45, 7) is 4.63. The minimum atomic E-state index is -0.795. The van der Waals surface area contributed by atoms with Crippen LogP contribution >= 0.6 is 0 Å². The van der Waals surface area contributed by atoms with Gasteiger partial charge in [-0.25, -0.2) is 0 Å². The second-order valence-electron chi connectivity index (χ2n) is 6.62. The summed E-state index contributed by atoms with van der Waals surface area (Å²) in [6.07, 6.45) is 0. The molecule has 7 nitrogen and oxygen atoms in total. The first-order chi connectivity index (χ1) is 14.6. The molecule has 0 radical (unpaired) electrons. The topological polar surface area (TPSA) is 108 Å². The van der Waals surface area contributed by atoms with Crippen LogP contribution < -0.4 is 25.4 Å². The van der Waals surface area contributed by atoms with Crippen molar-refractivity contribution in [1.82, 2.24) is 0 Å². The summed E-state index contributed by atoms with van der Waals surface area (Å²) in [4.78, 5) is 13.4. The van der Waals surface area contributed by atoms with Crippen molar-refractivity contribution >= 4 is 11.0 Å². The molecule has 0 aliphatic carbocycles. The van der Waals surface area contributed by atoms with E-state index in [4.69, 9.17) is 24.4 Å². The molecule has 1 atom stereocenters. The number of benzene rings is 2. The molecule has 2 heterocycles. The van der Waals surface area contributed by atoms with Crippen molar-refractivity contribution in [1.29, 1.82) is 5.26 Å². The lowest BCUT2D eigenvalue weighted by Gasteiger charge is -2.26. The van der Waals surface area contributed by atoms with Gasteiger partial charge in [-0.05, 0) is 32.0 Å². The van der Waals surface area contributed by atoms with Crippen LogP contribution in [0.2, 0.25) is 0 Å². The van der Waals surface area contributed by atoms with Crippen molar-refractivity contribution in [2.24, 2.45) is 5.73 Å². The van der Waals surface area contributed by atoms with E-state index in [0.717, 1.165) is 0 Å². The van der Waals surface area contributed by atoms with Crippen molar-refractivity contribution in [3.8, 4) is 23.5 Å². The van der Waals surface area contributed by atoms with Crippen LogP contribution in [0.1, 0.15) is 30.9 Å². The van der Waals surface area contributed by atoms with E-state index in [-0.39, 0.29) is 28.4 Å². The summed E-state index contributed by atoms with van der Waals surface area (Å²) < 4.78 is 22.8. The normalized spacial score (nSPS) is 15.3. The maximum atomic E-state index is 13.4. The maximum absolute atomic E-state index is 13.4. The van der Waals surface area contributed by atoms with Gasteiger partial charge in [-0.2, -0.15) is 5.26 Å². The summed E-state index contributed by atoms with van der Waals surface area (Å²) in [5.41, 5.74) is 7.07. The van der Waals surface area contributed by atoms with Crippen LogP contribution in [0.4, 0.5) is 0 Å². The summed E-state index contributed by atoms with van der Waals surface area (Å²) in [7, 11) is 0. The molecule has 152 valence electrons. The molecular formula is C23H20N2O5. The van der Waals surface area contributed by atoms with Crippen molar-refractivity contribution < 1.29 is 18.6 Å². The maximum Gasteiger partial charge on any atom is 0.300 e. The van der Waals surface area contributed by atoms with E-state index in [2.05, 4.69) is 6.07 Å². The predicted molar refractivity (Wildman–Crippen MR) is 111 cm³/mol. The van der Waals surface area contributed by atoms with Crippen molar-refractivity contribution in [2.75, 3.05) is 13.2 Å². The average molecular weight is 404 g/mol. The van der Waals surface area contributed by atoms with Crippen LogP contribution in [0.15, 0.2) is 63.1 Å². The van der Waals surface area contributed by atoms with Gasteiger partial charge in [-0.1, -0.05) is 18.2 Å². The van der Waals surface area contributed by atoms with E-state index in [1.54, 1.807) is 42.5 Å². The van der Waals surface area contributed by atoms with Gasteiger partial charge in [0.1, 0.15) is 28.7 Å². The van der Waals surface area contributed by atoms with Gasteiger partial charge in [-0.3, -0.25) is 4.79 Å². The molecule has 3 aromatic rings. The highest BCUT2D eigenvalue weighted by molar-refractivity contribution is 5.78. The Kier molecular flexibility index (Phi) is 5.07. The van der Waals surface area contributed by atoms with Gasteiger partial charge in [0, 0.05) is 11.6 Å². The van der Waals surface area contributed by atoms with Crippen LogP contribution in [0.3, 0.4) is 0 Å². The van der Waals surface area contributed by atoms with E-state index >= 15 is 0 Å². The number of allylic oxidation sites excluding steroid dienone is 1. The van der Waals surface area contributed by atoms with E-state index in [0.29, 0.717) is 41.2 Å². The zero-order valence-corrected chi connectivity index (χ0v) is 16.6. The van der Waals surface area contributed by atoms with Gasteiger partial charge < -0.3 is 24.4 Å². The van der Waals surface area contributed by atoms with Crippen LogP contribution in [-0.4, -0.2) is 13.2 Å². The summed E-state index contributed by atoms with van der Waals surface area (Å²) in [6, 6.07) is 14.2. The fraction of sp³-hybridized carbons (Fsp3) is 0.217. The molecule has 1 aliphatic heterocycles. The lowest BCUT2D eigenvalue weighted by atomic mass is 9.83. The average Bonchev–Trinajstić information content (AvgIpc) is 2.74. The molecule has 0 saturated carbocycles. The quantitative estimate of drug-likeness (QED) is 0.689. The molecule has 7 heteroatoms. The Morgan fingerprint density at radius 2 is 1.90 bits per heavy atom. The number of para-hydroxylation sites is 1. The second-order valence-corrected chi connectivity index (χ2v) is 6.62. The lowest BCUT2D eigenvalue weighted by molar-refractivity contribution is 0.293. The third kappa shape index (κ3) is 3.12. The third-order valence-corrected chi connectivity index (χ3v) is 4.87. The van der Waals surface area contributed by atoms with Crippen molar-refractivity contribution in [3.63, 3.8) is 0 Å². The number of hydrogen-bond donors (Lipinski definition) is 1. The molecule has 0 amide bonds. The Labute approximate surface area is 172 Å². The number of nitrogens with zero attached hydrogens (tertiary/aromatic N) is 1. The number of nitriles is 1. The van der Waals surface area contributed by atoms with Gasteiger partial charge >= 0.3 is 0 Å². The smallest absolute Gasteiger partial charge is 0.300 e. The first-order valence-corrected chi connectivity index (χ1v) is 9.61. The Hall–Kier alpha value is -3.92. The number of nitrogens with two attached hydrogens (primary N) is 1. The van der Waals surface area contributed by atoms with Gasteiger partial charge in [0.15, 0.2) is 0 Å². The second kappa shape index (κ2) is 7.84. The number of rotatable bonds is 5. The Morgan fingerprint density at radius 1 is 1.13 bits per heavy atom. The SMILES string of the molecule is CCOc1ccc(C2C(C#N)=C(N)Oc3oc4ccccc4c(=O)c32)c(OCC)c1. The molecule has 0 saturated heterocycles. The van der Waals surface area contributed by atoms with Crippen LogP contribution in [0.5, 0.6) is 17.4 Å². The molecule has 1 unspecified atom stereocenters.